The Morgan fingerprint density at radius 3 is 2.57 bits per heavy atom. The Kier molecular flexibility index (Phi) is 6.85. The number of amides is 3. The van der Waals surface area contributed by atoms with E-state index in [1.54, 1.807) is 18.2 Å². The second kappa shape index (κ2) is 10.1. The van der Waals surface area contributed by atoms with Gasteiger partial charge < -0.3 is 26.0 Å². The van der Waals surface area contributed by atoms with E-state index in [0.29, 0.717) is 17.7 Å². The number of likely N-dealkylation sites (tertiary alicyclic amines) is 1. The second-order valence-corrected chi connectivity index (χ2v) is 9.95. The van der Waals surface area contributed by atoms with Crippen molar-refractivity contribution < 1.29 is 27.9 Å². The van der Waals surface area contributed by atoms with Crippen molar-refractivity contribution in [1.82, 2.24) is 10.2 Å². The number of nitrogens with two attached hydrogens (primary N) is 1. The summed E-state index contributed by atoms with van der Waals surface area (Å²) in [5.74, 6) is -3.60. The van der Waals surface area contributed by atoms with Crippen LogP contribution in [0.1, 0.15) is 37.7 Å². The number of anilines is 1. The van der Waals surface area contributed by atoms with Gasteiger partial charge in [-0.1, -0.05) is 18.2 Å². The SMILES string of the molecule is NCc1cc(-c2cccc(NC(=O)C3CC3)c2)ccc1O[C@H]1CCN(C(=O)[C@@H]2CCC(=O)N2)CC1(F)F. The van der Waals surface area contributed by atoms with E-state index in [1.165, 1.54) is 0 Å². The number of carbonyl (C=O) groups is 3. The first kappa shape index (κ1) is 25.1. The third-order valence-corrected chi connectivity index (χ3v) is 7.10. The summed E-state index contributed by atoms with van der Waals surface area (Å²) in [7, 11) is 0. The first-order valence-electron chi connectivity index (χ1n) is 12.6. The highest BCUT2D eigenvalue weighted by atomic mass is 19.3. The maximum Gasteiger partial charge on any atom is 0.301 e. The van der Waals surface area contributed by atoms with Gasteiger partial charge in [0.1, 0.15) is 11.8 Å². The quantitative estimate of drug-likeness (QED) is 0.528. The third kappa shape index (κ3) is 5.58. The average Bonchev–Trinajstić information content (AvgIpc) is 3.65. The number of hydrogen-bond acceptors (Lipinski definition) is 5. The minimum atomic E-state index is -3.27. The number of alkyl halides is 2. The molecule has 10 heteroatoms. The lowest BCUT2D eigenvalue weighted by Gasteiger charge is -2.39. The van der Waals surface area contributed by atoms with Crippen molar-refractivity contribution in [3.8, 4) is 16.9 Å². The molecule has 8 nitrogen and oxygen atoms in total. The normalized spacial score (nSPS) is 22.9. The van der Waals surface area contributed by atoms with Crippen LogP contribution in [-0.2, 0) is 20.9 Å². The van der Waals surface area contributed by atoms with Gasteiger partial charge in [-0.15, -0.1) is 0 Å². The largest absolute Gasteiger partial charge is 0.484 e. The minimum absolute atomic E-state index is 0.0187. The van der Waals surface area contributed by atoms with Crippen LogP contribution in [0, 0.1) is 5.92 Å². The zero-order valence-electron chi connectivity index (χ0n) is 20.3. The summed E-state index contributed by atoms with van der Waals surface area (Å²) < 4.78 is 35.9. The highest BCUT2D eigenvalue weighted by molar-refractivity contribution is 5.94. The topological polar surface area (TPSA) is 114 Å². The Hall–Kier alpha value is -3.53. The summed E-state index contributed by atoms with van der Waals surface area (Å²) in [5.41, 5.74) is 8.88. The van der Waals surface area contributed by atoms with E-state index >= 15 is 8.78 Å². The molecule has 37 heavy (non-hydrogen) atoms. The standard InChI is InChI=1S/C27H30F2N4O4/c28-27(29)15-33(26(36)21-7-9-24(34)32-21)11-10-23(27)37-22-8-6-18(12-19(22)14-30)17-2-1-3-20(13-17)31-25(35)16-4-5-16/h1-3,6,8,12-13,16,21,23H,4-5,7,9-11,14-15,30H2,(H,31,35)(H,32,34)/t21-,23-/m0/s1. The van der Waals surface area contributed by atoms with Gasteiger partial charge in [0.15, 0.2) is 6.10 Å². The van der Waals surface area contributed by atoms with E-state index in [4.69, 9.17) is 10.5 Å². The van der Waals surface area contributed by atoms with Crippen molar-refractivity contribution in [2.45, 2.75) is 56.7 Å². The molecule has 2 atom stereocenters. The van der Waals surface area contributed by atoms with Crippen LogP contribution >= 0.6 is 0 Å². The Morgan fingerprint density at radius 1 is 1.11 bits per heavy atom. The summed E-state index contributed by atoms with van der Waals surface area (Å²) >= 11 is 0. The van der Waals surface area contributed by atoms with Crippen LogP contribution in [0.5, 0.6) is 5.75 Å². The molecule has 3 fully saturated rings. The maximum atomic E-state index is 15.0. The van der Waals surface area contributed by atoms with Gasteiger partial charge in [-0.3, -0.25) is 14.4 Å². The van der Waals surface area contributed by atoms with Gasteiger partial charge in [-0.05, 0) is 54.7 Å². The smallest absolute Gasteiger partial charge is 0.301 e. The number of nitrogens with zero attached hydrogens (tertiary/aromatic N) is 1. The molecule has 2 aliphatic heterocycles. The fraction of sp³-hybridized carbons (Fsp3) is 0.444. The summed E-state index contributed by atoms with van der Waals surface area (Å²) in [6, 6.07) is 11.9. The molecule has 0 spiro atoms. The second-order valence-electron chi connectivity index (χ2n) is 9.95. The molecule has 3 aliphatic rings. The first-order valence-corrected chi connectivity index (χ1v) is 12.6. The maximum absolute atomic E-state index is 15.0. The lowest BCUT2D eigenvalue weighted by molar-refractivity contribution is -0.161. The highest BCUT2D eigenvalue weighted by Crippen LogP contribution is 2.35. The first-order chi connectivity index (χ1) is 17.7. The molecule has 2 aromatic carbocycles. The molecule has 5 rings (SSSR count). The monoisotopic (exact) mass is 512 g/mol. The van der Waals surface area contributed by atoms with Crippen LogP contribution in [0.4, 0.5) is 14.5 Å². The lowest BCUT2D eigenvalue weighted by Crippen LogP contribution is -2.58. The fourth-order valence-corrected chi connectivity index (χ4v) is 4.83. The van der Waals surface area contributed by atoms with E-state index in [0.717, 1.165) is 28.9 Å². The lowest BCUT2D eigenvalue weighted by atomic mass is 10.00. The number of halogens is 2. The van der Waals surface area contributed by atoms with Crippen LogP contribution in [0.25, 0.3) is 11.1 Å². The number of carbonyl (C=O) groups excluding carboxylic acids is 3. The summed E-state index contributed by atoms with van der Waals surface area (Å²) in [4.78, 5) is 37.2. The van der Waals surface area contributed by atoms with Crippen LogP contribution < -0.4 is 21.1 Å². The van der Waals surface area contributed by atoms with E-state index in [1.807, 2.05) is 24.3 Å². The van der Waals surface area contributed by atoms with E-state index in [9.17, 15) is 14.4 Å². The van der Waals surface area contributed by atoms with Gasteiger partial charge in [-0.25, -0.2) is 8.78 Å². The predicted molar refractivity (Wildman–Crippen MR) is 133 cm³/mol. The Morgan fingerprint density at radius 2 is 1.89 bits per heavy atom. The van der Waals surface area contributed by atoms with Gasteiger partial charge in [0.05, 0.1) is 6.54 Å². The van der Waals surface area contributed by atoms with E-state index in [2.05, 4.69) is 10.6 Å². The van der Waals surface area contributed by atoms with Gasteiger partial charge in [0.2, 0.25) is 17.7 Å². The Balaban J connectivity index is 1.27. The molecular formula is C27H30F2N4O4. The average molecular weight is 513 g/mol. The van der Waals surface area contributed by atoms with Crippen LogP contribution in [0.2, 0.25) is 0 Å². The summed E-state index contributed by atoms with van der Waals surface area (Å²) in [6.07, 6.45) is 0.922. The van der Waals surface area contributed by atoms with Crippen molar-refractivity contribution >= 4 is 23.4 Å². The number of nitrogens with one attached hydrogen (secondary N) is 2. The van der Waals surface area contributed by atoms with Crippen molar-refractivity contribution in [3.63, 3.8) is 0 Å². The van der Waals surface area contributed by atoms with Gasteiger partial charge >= 0.3 is 5.92 Å². The molecule has 196 valence electrons. The molecule has 1 saturated carbocycles. The Labute approximate surface area is 213 Å². The van der Waals surface area contributed by atoms with Crippen molar-refractivity contribution in [3.05, 3.63) is 48.0 Å². The number of hydrogen-bond donors (Lipinski definition) is 3. The zero-order chi connectivity index (χ0) is 26.2. The van der Waals surface area contributed by atoms with Crippen molar-refractivity contribution in [2.24, 2.45) is 11.7 Å². The van der Waals surface area contributed by atoms with Crippen LogP contribution in [0.15, 0.2) is 42.5 Å². The summed E-state index contributed by atoms with van der Waals surface area (Å²) in [6.45, 7) is -0.565. The highest BCUT2D eigenvalue weighted by Gasteiger charge is 2.49. The molecule has 0 bridgehead atoms. The fourth-order valence-electron chi connectivity index (χ4n) is 4.83. The molecule has 0 unspecified atom stereocenters. The molecule has 0 aromatic heterocycles. The molecule has 2 aromatic rings. The van der Waals surface area contributed by atoms with Crippen LogP contribution in [0.3, 0.4) is 0 Å². The minimum Gasteiger partial charge on any atom is -0.484 e. The molecule has 3 amide bonds. The molecule has 4 N–H and O–H groups in total. The predicted octanol–water partition coefficient (Wildman–Crippen LogP) is 3.05. The van der Waals surface area contributed by atoms with E-state index < -0.39 is 30.5 Å². The molecule has 2 heterocycles. The molecule has 0 radical (unpaired) electrons. The molecule has 2 saturated heterocycles. The van der Waals surface area contributed by atoms with Crippen molar-refractivity contribution in [1.29, 1.82) is 0 Å². The Bertz CT molecular complexity index is 1220. The third-order valence-electron chi connectivity index (χ3n) is 7.10. The summed E-state index contributed by atoms with van der Waals surface area (Å²) in [5, 5.41) is 5.47. The van der Waals surface area contributed by atoms with Gasteiger partial charge in [0.25, 0.3) is 0 Å². The molecular weight excluding hydrogens is 482 g/mol. The van der Waals surface area contributed by atoms with Gasteiger partial charge in [0, 0.05) is 43.1 Å². The number of rotatable bonds is 7. The van der Waals surface area contributed by atoms with Gasteiger partial charge in [-0.2, -0.15) is 0 Å². The van der Waals surface area contributed by atoms with Crippen LogP contribution in [-0.4, -0.2) is 53.8 Å². The number of benzene rings is 2. The van der Waals surface area contributed by atoms with Crippen molar-refractivity contribution in [2.75, 3.05) is 18.4 Å². The van der Waals surface area contributed by atoms with E-state index in [-0.39, 0.29) is 49.4 Å². The zero-order valence-corrected chi connectivity index (χ0v) is 20.3. The molecule has 1 aliphatic carbocycles. The number of piperidine rings is 1. The number of ether oxygens (including phenoxy) is 1.